The summed E-state index contributed by atoms with van der Waals surface area (Å²) in [4.78, 5) is 20.2. The molecule has 0 rings (SSSR count). The van der Waals surface area contributed by atoms with Gasteiger partial charge in [-0.25, -0.2) is 4.79 Å². The average molecular weight is 145 g/mol. The highest BCUT2D eigenvalue weighted by molar-refractivity contribution is 5.74. The molecule has 0 spiro atoms. The van der Waals surface area contributed by atoms with Gasteiger partial charge in [0.1, 0.15) is 0 Å². The van der Waals surface area contributed by atoms with Crippen molar-refractivity contribution in [3.8, 4) is 0 Å². The molecule has 0 saturated carbocycles. The SMILES string of the molecule is NC(=O)CCCNC(N)=O. The van der Waals surface area contributed by atoms with Gasteiger partial charge in [0, 0.05) is 13.0 Å². The number of nitrogens with two attached hydrogens (primary N) is 2. The predicted octanol–water partition coefficient (Wildman–Crippen LogP) is -1.08. The van der Waals surface area contributed by atoms with E-state index in [-0.39, 0.29) is 12.3 Å². The van der Waals surface area contributed by atoms with Crippen LogP contribution >= 0.6 is 0 Å². The van der Waals surface area contributed by atoms with Gasteiger partial charge in [-0.2, -0.15) is 0 Å². The van der Waals surface area contributed by atoms with Crippen LogP contribution in [-0.2, 0) is 4.79 Å². The van der Waals surface area contributed by atoms with Crippen LogP contribution in [-0.4, -0.2) is 18.5 Å². The van der Waals surface area contributed by atoms with E-state index in [9.17, 15) is 9.59 Å². The number of urea groups is 1. The third-order valence-corrected chi connectivity index (χ3v) is 0.899. The molecule has 0 aliphatic carbocycles. The molecule has 58 valence electrons. The Bertz CT molecular complexity index is 119. The molecule has 0 atom stereocenters. The van der Waals surface area contributed by atoms with Crippen LogP contribution in [0.5, 0.6) is 0 Å². The van der Waals surface area contributed by atoms with E-state index >= 15 is 0 Å². The molecule has 0 aromatic heterocycles. The van der Waals surface area contributed by atoms with Crippen molar-refractivity contribution in [1.29, 1.82) is 0 Å². The minimum Gasteiger partial charge on any atom is -0.370 e. The fourth-order valence-electron chi connectivity index (χ4n) is 0.474. The molecule has 0 radical (unpaired) electrons. The molecule has 0 aromatic rings. The fraction of sp³-hybridized carbons (Fsp3) is 0.600. The molecule has 0 aliphatic heterocycles. The van der Waals surface area contributed by atoms with Crippen LogP contribution in [0.25, 0.3) is 0 Å². The van der Waals surface area contributed by atoms with Crippen molar-refractivity contribution < 1.29 is 9.59 Å². The van der Waals surface area contributed by atoms with Gasteiger partial charge in [-0.3, -0.25) is 4.79 Å². The van der Waals surface area contributed by atoms with Gasteiger partial charge in [0.05, 0.1) is 0 Å². The highest BCUT2D eigenvalue weighted by Gasteiger charge is 1.94. The van der Waals surface area contributed by atoms with Crippen LogP contribution in [0.15, 0.2) is 0 Å². The van der Waals surface area contributed by atoms with Crippen LogP contribution in [0.1, 0.15) is 12.8 Å². The normalized spacial score (nSPS) is 8.80. The molecule has 5 nitrogen and oxygen atoms in total. The summed E-state index contributed by atoms with van der Waals surface area (Å²) in [7, 11) is 0. The summed E-state index contributed by atoms with van der Waals surface area (Å²) in [6.45, 7) is 0.401. The van der Waals surface area contributed by atoms with Crippen molar-refractivity contribution in [2.75, 3.05) is 6.54 Å². The van der Waals surface area contributed by atoms with E-state index in [2.05, 4.69) is 5.32 Å². The highest BCUT2D eigenvalue weighted by atomic mass is 16.2. The number of amides is 3. The lowest BCUT2D eigenvalue weighted by molar-refractivity contribution is -0.118. The van der Waals surface area contributed by atoms with Crippen molar-refractivity contribution in [2.24, 2.45) is 11.5 Å². The second kappa shape index (κ2) is 4.60. The van der Waals surface area contributed by atoms with Gasteiger partial charge in [0.15, 0.2) is 0 Å². The molecule has 0 aliphatic rings. The van der Waals surface area contributed by atoms with Crippen LogP contribution in [0.4, 0.5) is 4.79 Å². The van der Waals surface area contributed by atoms with E-state index < -0.39 is 6.03 Å². The summed E-state index contributed by atoms with van der Waals surface area (Å²) in [6.07, 6.45) is 0.818. The first-order chi connectivity index (χ1) is 4.63. The van der Waals surface area contributed by atoms with E-state index in [1.165, 1.54) is 0 Å². The number of nitrogens with one attached hydrogen (secondary N) is 1. The largest absolute Gasteiger partial charge is 0.370 e. The van der Waals surface area contributed by atoms with E-state index in [1.807, 2.05) is 0 Å². The third-order valence-electron chi connectivity index (χ3n) is 0.899. The molecular weight excluding hydrogens is 134 g/mol. The Balaban J connectivity index is 3.06. The molecular formula is C5H11N3O2. The number of hydrogen-bond acceptors (Lipinski definition) is 2. The standard InChI is InChI=1S/C5H11N3O2/c6-4(9)2-1-3-8-5(7)10/h1-3H2,(H2,6,9)(H3,7,8,10). The monoisotopic (exact) mass is 145 g/mol. The van der Waals surface area contributed by atoms with E-state index in [0.717, 1.165) is 0 Å². The topological polar surface area (TPSA) is 98.2 Å². The molecule has 3 amide bonds. The minimum absolute atomic E-state index is 0.278. The Morgan fingerprint density at radius 2 is 1.90 bits per heavy atom. The smallest absolute Gasteiger partial charge is 0.312 e. The maximum absolute atomic E-state index is 10.1. The first kappa shape index (κ1) is 8.74. The molecule has 0 fully saturated rings. The van der Waals surface area contributed by atoms with E-state index in [0.29, 0.717) is 13.0 Å². The number of hydrogen-bond donors (Lipinski definition) is 3. The zero-order chi connectivity index (χ0) is 7.98. The van der Waals surface area contributed by atoms with E-state index in [4.69, 9.17) is 11.5 Å². The Kier molecular flexibility index (Phi) is 4.02. The summed E-state index contributed by atoms with van der Waals surface area (Å²) < 4.78 is 0. The Morgan fingerprint density at radius 3 is 2.30 bits per heavy atom. The van der Waals surface area contributed by atoms with Crippen LogP contribution < -0.4 is 16.8 Å². The van der Waals surface area contributed by atoms with Gasteiger partial charge in [-0.15, -0.1) is 0 Å². The number of primary amides is 2. The van der Waals surface area contributed by atoms with Gasteiger partial charge < -0.3 is 16.8 Å². The summed E-state index contributed by atoms with van der Waals surface area (Å²) in [6, 6.07) is -0.579. The number of rotatable bonds is 4. The van der Waals surface area contributed by atoms with Crippen LogP contribution in [0.2, 0.25) is 0 Å². The molecule has 0 unspecified atom stereocenters. The molecule has 0 aromatic carbocycles. The van der Waals surface area contributed by atoms with Gasteiger partial charge in [-0.1, -0.05) is 0 Å². The number of carbonyl (C=O) groups excluding carboxylic acids is 2. The Labute approximate surface area is 58.8 Å². The van der Waals surface area contributed by atoms with Crippen molar-refractivity contribution in [1.82, 2.24) is 5.32 Å². The van der Waals surface area contributed by atoms with Crippen molar-refractivity contribution >= 4 is 11.9 Å². The molecule has 0 heterocycles. The highest BCUT2D eigenvalue weighted by Crippen LogP contribution is 1.82. The maximum atomic E-state index is 10.1. The molecule has 10 heavy (non-hydrogen) atoms. The van der Waals surface area contributed by atoms with Crippen LogP contribution in [0.3, 0.4) is 0 Å². The van der Waals surface area contributed by atoms with Gasteiger partial charge >= 0.3 is 6.03 Å². The quantitative estimate of drug-likeness (QED) is 0.438. The molecule has 5 N–H and O–H groups in total. The molecule has 5 heteroatoms. The second-order valence-electron chi connectivity index (χ2n) is 1.86. The summed E-state index contributed by atoms with van der Waals surface area (Å²) >= 11 is 0. The van der Waals surface area contributed by atoms with Gasteiger partial charge in [0.2, 0.25) is 5.91 Å². The van der Waals surface area contributed by atoms with Gasteiger partial charge in [-0.05, 0) is 6.42 Å². The third kappa shape index (κ3) is 6.74. The van der Waals surface area contributed by atoms with Crippen molar-refractivity contribution in [3.05, 3.63) is 0 Å². The van der Waals surface area contributed by atoms with Crippen LogP contribution in [0, 0.1) is 0 Å². The first-order valence-electron chi connectivity index (χ1n) is 2.94. The molecule has 0 bridgehead atoms. The second-order valence-corrected chi connectivity index (χ2v) is 1.86. The lowest BCUT2D eigenvalue weighted by atomic mass is 10.3. The maximum Gasteiger partial charge on any atom is 0.312 e. The Morgan fingerprint density at radius 1 is 1.30 bits per heavy atom. The lowest BCUT2D eigenvalue weighted by Gasteiger charge is -1.97. The molecule has 0 saturated heterocycles. The predicted molar refractivity (Wildman–Crippen MR) is 36.0 cm³/mol. The fourth-order valence-corrected chi connectivity index (χ4v) is 0.474. The summed E-state index contributed by atoms with van der Waals surface area (Å²) in [5.74, 6) is -0.369. The minimum atomic E-state index is -0.579. The van der Waals surface area contributed by atoms with Crippen molar-refractivity contribution in [2.45, 2.75) is 12.8 Å². The summed E-state index contributed by atoms with van der Waals surface area (Å²) in [5.41, 5.74) is 9.57. The summed E-state index contributed by atoms with van der Waals surface area (Å²) in [5, 5.41) is 2.33. The van der Waals surface area contributed by atoms with Gasteiger partial charge in [0.25, 0.3) is 0 Å². The zero-order valence-corrected chi connectivity index (χ0v) is 5.59. The average Bonchev–Trinajstić information content (AvgIpc) is 1.79. The van der Waals surface area contributed by atoms with E-state index in [1.54, 1.807) is 0 Å². The zero-order valence-electron chi connectivity index (χ0n) is 5.59. The Hall–Kier alpha value is -1.26. The van der Waals surface area contributed by atoms with Crippen molar-refractivity contribution in [3.63, 3.8) is 0 Å². The number of carbonyl (C=O) groups is 2. The first-order valence-corrected chi connectivity index (χ1v) is 2.94. The lowest BCUT2D eigenvalue weighted by Crippen LogP contribution is -2.30.